The van der Waals surface area contributed by atoms with E-state index in [1.165, 1.54) is 0 Å². The molecule has 0 bridgehead atoms. The van der Waals surface area contributed by atoms with Gasteiger partial charge in [0.1, 0.15) is 0 Å². The topological polar surface area (TPSA) is 64.3 Å². The molecule has 1 rings (SSSR count). The van der Waals surface area contributed by atoms with Crippen LogP contribution in [0.3, 0.4) is 0 Å². The minimum absolute atomic E-state index is 0.0519. The Morgan fingerprint density at radius 1 is 1.71 bits per heavy atom. The Morgan fingerprint density at radius 2 is 2.29 bits per heavy atom. The molecule has 1 aliphatic rings. The fourth-order valence-electron chi connectivity index (χ4n) is 1.59. The maximum Gasteiger partial charge on any atom is 0.224 e. The third-order valence-corrected chi connectivity index (χ3v) is 2.83. The number of carbonyl (C=O) groups excluding carboxylic acids is 1. The highest BCUT2D eigenvalue weighted by atomic mass is 16.5. The Labute approximate surface area is 85.2 Å². The van der Waals surface area contributed by atoms with Crippen molar-refractivity contribution in [3.8, 4) is 0 Å². The minimum Gasteiger partial charge on any atom is -0.383 e. The maximum absolute atomic E-state index is 11.6. The van der Waals surface area contributed by atoms with E-state index in [4.69, 9.17) is 10.5 Å². The number of nitrogens with two attached hydrogens (primary N) is 1. The first kappa shape index (κ1) is 11.5. The van der Waals surface area contributed by atoms with Gasteiger partial charge in [-0.3, -0.25) is 4.79 Å². The fraction of sp³-hybridized carbons (Fsp3) is 0.900. The summed E-state index contributed by atoms with van der Waals surface area (Å²) in [5, 5.41) is 2.90. The summed E-state index contributed by atoms with van der Waals surface area (Å²) in [6.45, 7) is 5.11. The zero-order valence-corrected chi connectivity index (χ0v) is 9.17. The van der Waals surface area contributed by atoms with Gasteiger partial charge in [-0.25, -0.2) is 0 Å². The largest absolute Gasteiger partial charge is 0.383 e. The molecular formula is C10H20N2O2. The molecule has 0 aliphatic heterocycles. The van der Waals surface area contributed by atoms with Gasteiger partial charge in [-0.15, -0.1) is 0 Å². The Balaban J connectivity index is 2.33. The molecule has 82 valence electrons. The second kappa shape index (κ2) is 4.28. The average Bonchev–Trinajstić information content (AvgIpc) is 2.74. The summed E-state index contributed by atoms with van der Waals surface area (Å²) < 4.78 is 4.95. The zero-order valence-electron chi connectivity index (χ0n) is 9.17. The third kappa shape index (κ3) is 2.69. The number of hydrogen-bond acceptors (Lipinski definition) is 3. The molecule has 14 heavy (non-hydrogen) atoms. The lowest BCUT2D eigenvalue weighted by atomic mass is 10.1. The molecule has 2 unspecified atom stereocenters. The first-order chi connectivity index (χ1) is 6.51. The van der Waals surface area contributed by atoms with Gasteiger partial charge in [0.15, 0.2) is 0 Å². The molecule has 2 atom stereocenters. The summed E-state index contributed by atoms with van der Waals surface area (Å²) in [7, 11) is 1.61. The predicted molar refractivity (Wildman–Crippen MR) is 54.7 cm³/mol. The van der Waals surface area contributed by atoms with Crippen molar-refractivity contribution < 1.29 is 9.53 Å². The lowest BCUT2D eigenvalue weighted by Crippen LogP contribution is -2.44. The SMILES string of the molecule is COCC(CN)NC(=O)C1CC1(C)C. The summed E-state index contributed by atoms with van der Waals surface area (Å²) in [6.07, 6.45) is 0.975. The van der Waals surface area contributed by atoms with Crippen LogP contribution in [0, 0.1) is 11.3 Å². The van der Waals surface area contributed by atoms with Crippen molar-refractivity contribution in [1.82, 2.24) is 5.32 Å². The van der Waals surface area contributed by atoms with E-state index >= 15 is 0 Å². The molecule has 0 radical (unpaired) electrons. The molecule has 1 amide bonds. The number of rotatable bonds is 5. The van der Waals surface area contributed by atoms with Crippen LogP contribution in [-0.2, 0) is 9.53 Å². The Morgan fingerprint density at radius 3 is 2.64 bits per heavy atom. The molecule has 1 saturated carbocycles. The highest BCUT2D eigenvalue weighted by Crippen LogP contribution is 2.51. The van der Waals surface area contributed by atoms with Crippen molar-refractivity contribution >= 4 is 5.91 Å². The van der Waals surface area contributed by atoms with Gasteiger partial charge in [-0.1, -0.05) is 13.8 Å². The molecule has 0 aromatic rings. The van der Waals surface area contributed by atoms with Crippen molar-refractivity contribution in [2.24, 2.45) is 17.1 Å². The Hall–Kier alpha value is -0.610. The molecule has 0 saturated heterocycles. The summed E-state index contributed by atoms with van der Waals surface area (Å²) in [4.78, 5) is 11.6. The highest BCUT2D eigenvalue weighted by Gasteiger charge is 2.50. The zero-order chi connectivity index (χ0) is 10.8. The van der Waals surface area contributed by atoms with Gasteiger partial charge < -0.3 is 15.8 Å². The molecule has 1 fully saturated rings. The number of nitrogens with one attached hydrogen (secondary N) is 1. The van der Waals surface area contributed by atoms with E-state index in [0.717, 1.165) is 6.42 Å². The first-order valence-electron chi connectivity index (χ1n) is 5.00. The highest BCUT2D eigenvalue weighted by molar-refractivity contribution is 5.82. The van der Waals surface area contributed by atoms with Gasteiger partial charge in [0.05, 0.1) is 12.6 Å². The molecule has 0 aromatic carbocycles. The van der Waals surface area contributed by atoms with E-state index in [9.17, 15) is 4.79 Å². The quantitative estimate of drug-likeness (QED) is 0.662. The number of hydrogen-bond donors (Lipinski definition) is 2. The summed E-state index contributed by atoms with van der Waals surface area (Å²) in [5.41, 5.74) is 5.68. The van der Waals surface area contributed by atoms with E-state index < -0.39 is 0 Å². The number of amides is 1. The second-order valence-electron chi connectivity index (χ2n) is 4.64. The third-order valence-electron chi connectivity index (χ3n) is 2.83. The van der Waals surface area contributed by atoms with E-state index in [0.29, 0.717) is 13.2 Å². The molecule has 0 heterocycles. The van der Waals surface area contributed by atoms with Crippen LogP contribution in [0.25, 0.3) is 0 Å². The minimum atomic E-state index is -0.0519. The number of carbonyl (C=O) groups is 1. The van der Waals surface area contributed by atoms with Gasteiger partial charge in [0, 0.05) is 19.6 Å². The van der Waals surface area contributed by atoms with Crippen LogP contribution < -0.4 is 11.1 Å². The van der Waals surface area contributed by atoms with Gasteiger partial charge in [-0.05, 0) is 11.8 Å². The van der Waals surface area contributed by atoms with E-state index in [2.05, 4.69) is 19.2 Å². The lowest BCUT2D eigenvalue weighted by Gasteiger charge is -2.16. The van der Waals surface area contributed by atoms with Crippen LogP contribution in [0.1, 0.15) is 20.3 Å². The predicted octanol–water partition coefficient (Wildman–Crippen LogP) is 0.122. The average molecular weight is 200 g/mol. The summed E-state index contributed by atoms with van der Waals surface area (Å²) >= 11 is 0. The van der Waals surface area contributed by atoms with Crippen LogP contribution in [0.5, 0.6) is 0 Å². The Bertz CT molecular complexity index is 216. The normalized spacial score (nSPS) is 25.6. The van der Waals surface area contributed by atoms with Gasteiger partial charge in [0.25, 0.3) is 0 Å². The number of methoxy groups -OCH3 is 1. The molecular weight excluding hydrogens is 180 g/mol. The van der Waals surface area contributed by atoms with Gasteiger partial charge in [0.2, 0.25) is 5.91 Å². The second-order valence-corrected chi connectivity index (χ2v) is 4.64. The summed E-state index contributed by atoms with van der Waals surface area (Å²) in [6, 6.07) is -0.0519. The molecule has 3 N–H and O–H groups in total. The lowest BCUT2D eigenvalue weighted by molar-refractivity contribution is -0.124. The molecule has 1 aliphatic carbocycles. The van der Waals surface area contributed by atoms with Crippen LogP contribution in [0.15, 0.2) is 0 Å². The van der Waals surface area contributed by atoms with Crippen LogP contribution in [0.4, 0.5) is 0 Å². The number of ether oxygens (including phenoxy) is 1. The van der Waals surface area contributed by atoms with E-state index in [-0.39, 0.29) is 23.3 Å². The fourth-order valence-corrected chi connectivity index (χ4v) is 1.59. The monoisotopic (exact) mass is 200 g/mol. The molecule has 4 nitrogen and oxygen atoms in total. The van der Waals surface area contributed by atoms with E-state index in [1.807, 2.05) is 0 Å². The Kier molecular flexibility index (Phi) is 3.50. The molecule has 4 heteroatoms. The van der Waals surface area contributed by atoms with Crippen molar-refractivity contribution in [2.75, 3.05) is 20.3 Å². The van der Waals surface area contributed by atoms with Gasteiger partial charge in [-0.2, -0.15) is 0 Å². The van der Waals surface area contributed by atoms with Crippen molar-refractivity contribution in [2.45, 2.75) is 26.3 Å². The van der Waals surface area contributed by atoms with Crippen LogP contribution >= 0.6 is 0 Å². The standard InChI is InChI=1S/C10H20N2O2/c1-10(2)4-8(10)9(13)12-7(5-11)6-14-3/h7-8H,4-6,11H2,1-3H3,(H,12,13). The molecule has 0 aromatic heterocycles. The molecule has 0 spiro atoms. The maximum atomic E-state index is 11.6. The van der Waals surface area contributed by atoms with Crippen molar-refractivity contribution in [1.29, 1.82) is 0 Å². The van der Waals surface area contributed by atoms with Crippen LogP contribution in [0.2, 0.25) is 0 Å². The van der Waals surface area contributed by atoms with Crippen LogP contribution in [-0.4, -0.2) is 32.2 Å². The van der Waals surface area contributed by atoms with E-state index in [1.54, 1.807) is 7.11 Å². The first-order valence-corrected chi connectivity index (χ1v) is 5.00. The van der Waals surface area contributed by atoms with Gasteiger partial charge >= 0.3 is 0 Å². The summed E-state index contributed by atoms with van der Waals surface area (Å²) in [5.74, 6) is 0.274. The van der Waals surface area contributed by atoms with Crippen molar-refractivity contribution in [3.63, 3.8) is 0 Å². The van der Waals surface area contributed by atoms with Crippen molar-refractivity contribution in [3.05, 3.63) is 0 Å². The smallest absolute Gasteiger partial charge is 0.224 e.